The lowest BCUT2D eigenvalue weighted by Crippen LogP contribution is -2.32. The average Bonchev–Trinajstić information content (AvgIpc) is 2.90. The number of anilines is 1. The van der Waals surface area contributed by atoms with Crippen LogP contribution in [0.5, 0.6) is 0 Å². The Morgan fingerprint density at radius 2 is 1.96 bits per heavy atom. The van der Waals surface area contributed by atoms with E-state index in [2.05, 4.69) is 15.4 Å². The maximum absolute atomic E-state index is 13.3. The molecule has 8 nitrogen and oxygen atoms in total. The highest BCUT2D eigenvalue weighted by Gasteiger charge is 2.41. The van der Waals surface area contributed by atoms with E-state index in [1.165, 1.54) is 18.2 Å². The first-order chi connectivity index (χ1) is 11.9. The summed E-state index contributed by atoms with van der Waals surface area (Å²) in [6.45, 7) is 5.11. The topological polar surface area (TPSA) is 110 Å². The lowest BCUT2D eigenvalue weighted by molar-refractivity contribution is -0.149. The van der Waals surface area contributed by atoms with E-state index in [9.17, 15) is 23.1 Å². The van der Waals surface area contributed by atoms with Crippen LogP contribution in [0.15, 0.2) is 24.4 Å². The van der Waals surface area contributed by atoms with Gasteiger partial charge in [-0.3, -0.25) is 0 Å². The van der Waals surface area contributed by atoms with E-state index in [1.807, 2.05) is 0 Å². The molecule has 0 aromatic carbocycles. The van der Waals surface area contributed by atoms with Crippen molar-refractivity contribution in [1.82, 2.24) is 14.8 Å². The maximum Gasteiger partial charge on any atom is 0.434 e. The van der Waals surface area contributed by atoms with Crippen molar-refractivity contribution in [3.63, 3.8) is 0 Å². The van der Waals surface area contributed by atoms with Gasteiger partial charge in [0.1, 0.15) is 11.4 Å². The zero-order chi connectivity index (χ0) is 19.7. The molecule has 0 saturated heterocycles. The van der Waals surface area contributed by atoms with Gasteiger partial charge in [0.2, 0.25) is 6.41 Å². The molecule has 2 heterocycles. The first kappa shape index (κ1) is 19.7. The molecular formula is C15H17F3N4O4. The van der Waals surface area contributed by atoms with Crippen molar-refractivity contribution in [2.24, 2.45) is 0 Å². The molecule has 11 heteroatoms. The molecule has 0 bridgehead atoms. The quantitative estimate of drug-likeness (QED) is 0.690. The molecule has 1 unspecified atom stereocenters. The molecular weight excluding hydrogens is 357 g/mol. The average molecular weight is 374 g/mol. The summed E-state index contributed by atoms with van der Waals surface area (Å²) in [4.78, 5) is 14.9. The summed E-state index contributed by atoms with van der Waals surface area (Å²) in [6.07, 6.45) is -5.80. The number of nitrogens with zero attached hydrogens (tertiary/aromatic N) is 3. The number of aromatic nitrogens is 3. The highest BCUT2D eigenvalue weighted by atomic mass is 19.4. The van der Waals surface area contributed by atoms with Gasteiger partial charge in [-0.15, -0.1) is 0 Å². The highest BCUT2D eigenvalue weighted by Crippen LogP contribution is 2.33. The Bertz CT molecular complexity index is 799. The lowest BCUT2D eigenvalue weighted by atomic mass is 10.2. The molecule has 0 amide bonds. The third-order valence-electron chi connectivity index (χ3n) is 2.96. The van der Waals surface area contributed by atoms with Gasteiger partial charge in [0, 0.05) is 0 Å². The molecule has 26 heavy (non-hydrogen) atoms. The summed E-state index contributed by atoms with van der Waals surface area (Å²) in [5, 5.41) is 24.7. The van der Waals surface area contributed by atoms with Gasteiger partial charge in [-0.05, 0) is 32.9 Å². The molecule has 0 fully saturated rings. The standard InChI is InChI=1S/C15H17F3N4O4/c1-14(2,3)26-13(25)21-9-5-4-6-10(20-9)22-11(15(16,17)18)8(7-19-22)12(23)24/h4-7,13,25H,1-3H3,(H,20,21)(H,23,24). The molecule has 2 aromatic rings. The van der Waals surface area contributed by atoms with Crippen molar-refractivity contribution >= 4 is 11.8 Å². The number of ether oxygens (including phenoxy) is 1. The number of pyridine rings is 1. The Hall–Kier alpha value is -2.66. The molecule has 0 spiro atoms. The fraction of sp³-hybridized carbons (Fsp3) is 0.400. The molecule has 0 aliphatic rings. The van der Waals surface area contributed by atoms with Crippen LogP contribution < -0.4 is 5.32 Å². The van der Waals surface area contributed by atoms with E-state index in [1.54, 1.807) is 20.8 Å². The van der Waals surface area contributed by atoms with Gasteiger partial charge in [-0.25, -0.2) is 14.5 Å². The van der Waals surface area contributed by atoms with E-state index in [4.69, 9.17) is 9.84 Å². The summed E-state index contributed by atoms with van der Waals surface area (Å²) < 4.78 is 45.4. The van der Waals surface area contributed by atoms with Crippen LogP contribution in [0.1, 0.15) is 36.8 Å². The Morgan fingerprint density at radius 1 is 1.31 bits per heavy atom. The fourth-order valence-corrected chi connectivity index (χ4v) is 2.06. The molecule has 0 aliphatic carbocycles. The van der Waals surface area contributed by atoms with Crippen molar-refractivity contribution < 1.29 is 32.9 Å². The molecule has 1 atom stereocenters. The third kappa shape index (κ3) is 4.70. The van der Waals surface area contributed by atoms with Crippen LogP contribution >= 0.6 is 0 Å². The minimum atomic E-state index is -4.95. The van der Waals surface area contributed by atoms with Gasteiger partial charge in [-0.1, -0.05) is 6.07 Å². The number of nitrogens with one attached hydrogen (secondary N) is 1. The zero-order valence-corrected chi connectivity index (χ0v) is 14.1. The summed E-state index contributed by atoms with van der Waals surface area (Å²) in [5.74, 6) is -2.02. The Labute approximate surface area is 146 Å². The van der Waals surface area contributed by atoms with E-state index < -0.39 is 35.4 Å². The number of carbonyl (C=O) groups is 1. The number of alkyl halides is 3. The first-order valence-corrected chi connectivity index (χ1v) is 7.37. The number of hydrogen-bond acceptors (Lipinski definition) is 6. The largest absolute Gasteiger partial charge is 0.478 e. The van der Waals surface area contributed by atoms with Crippen molar-refractivity contribution in [3.05, 3.63) is 35.7 Å². The number of aliphatic hydroxyl groups is 1. The number of carboxylic acid groups (broad SMARTS) is 1. The first-order valence-electron chi connectivity index (χ1n) is 7.37. The Kier molecular flexibility index (Phi) is 5.23. The summed E-state index contributed by atoms with van der Waals surface area (Å²) in [7, 11) is 0. The smallest absolute Gasteiger partial charge is 0.434 e. The van der Waals surface area contributed by atoms with Crippen molar-refractivity contribution in [2.75, 3.05) is 5.32 Å². The van der Waals surface area contributed by atoms with E-state index in [-0.39, 0.29) is 11.6 Å². The van der Waals surface area contributed by atoms with Crippen LogP contribution in [0.3, 0.4) is 0 Å². The number of carboxylic acids is 1. The van der Waals surface area contributed by atoms with Crippen molar-refractivity contribution in [1.29, 1.82) is 0 Å². The van der Waals surface area contributed by atoms with Gasteiger partial charge >= 0.3 is 12.1 Å². The maximum atomic E-state index is 13.3. The minimum absolute atomic E-state index is 0.0137. The van der Waals surface area contributed by atoms with Crippen LogP contribution in [0.25, 0.3) is 5.82 Å². The van der Waals surface area contributed by atoms with Gasteiger partial charge in [0.25, 0.3) is 0 Å². The lowest BCUT2D eigenvalue weighted by Gasteiger charge is -2.24. The zero-order valence-electron chi connectivity index (χ0n) is 14.1. The van der Waals surface area contributed by atoms with E-state index >= 15 is 0 Å². The van der Waals surface area contributed by atoms with E-state index in [0.717, 1.165) is 0 Å². The predicted octanol–water partition coefficient (Wildman–Crippen LogP) is 2.49. The molecule has 0 aliphatic heterocycles. The van der Waals surface area contributed by atoms with E-state index in [0.29, 0.717) is 10.9 Å². The summed E-state index contributed by atoms with van der Waals surface area (Å²) in [6, 6.07) is 3.99. The normalized spacial score (nSPS) is 13.5. The predicted molar refractivity (Wildman–Crippen MR) is 83.8 cm³/mol. The van der Waals surface area contributed by atoms with Gasteiger partial charge in [0.05, 0.1) is 11.8 Å². The summed E-state index contributed by atoms with van der Waals surface area (Å²) in [5.41, 5.74) is -3.12. The van der Waals surface area contributed by atoms with Crippen LogP contribution in [0, 0.1) is 0 Å². The fourth-order valence-electron chi connectivity index (χ4n) is 2.06. The number of aromatic carboxylic acids is 1. The SMILES string of the molecule is CC(C)(C)OC(O)Nc1cccc(-n2ncc(C(=O)O)c2C(F)(F)F)n1. The number of hydrogen-bond donors (Lipinski definition) is 3. The summed E-state index contributed by atoms with van der Waals surface area (Å²) >= 11 is 0. The second kappa shape index (κ2) is 6.92. The number of aliphatic hydroxyl groups excluding tert-OH is 1. The van der Waals surface area contributed by atoms with Crippen molar-refractivity contribution in [2.45, 2.75) is 39.0 Å². The second-order valence-corrected chi connectivity index (χ2v) is 6.23. The molecule has 0 saturated carbocycles. The van der Waals surface area contributed by atoms with Crippen LogP contribution in [-0.2, 0) is 10.9 Å². The molecule has 3 N–H and O–H groups in total. The minimum Gasteiger partial charge on any atom is -0.478 e. The second-order valence-electron chi connectivity index (χ2n) is 6.23. The Balaban J connectivity index is 2.38. The number of halogens is 3. The molecule has 142 valence electrons. The van der Waals surface area contributed by atoms with Gasteiger partial charge in [-0.2, -0.15) is 18.3 Å². The van der Waals surface area contributed by atoms with Crippen LogP contribution in [0.2, 0.25) is 0 Å². The number of rotatable bonds is 5. The molecule has 2 rings (SSSR count). The Morgan fingerprint density at radius 3 is 2.50 bits per heavy atom. The third-order valence-corrected chi connectivity index (χ3v) is 2.96. The van der Waals surface area contributed by atoms with Crippen LogP contribution in [-0.4, -0.2) is 43.0 Å². The van der Waals surface area contributed by atoms with Gasteiger partial charge < -0.3 is 20.3 Å². The monoisotopic (exact) mass is 374 g/mol. The van der Waals surface area contributed by atoms with Crippen molar-refractivity contribution in [3.8, 4) is 5.82 Å². The molecule has 2 aromatic heterocycles. The molecule has 0 radical (unpaired) electrons. The van der Waals surface area contributed by atoms with Gasteiger partial charge in [0.15, 0.2) is 11.5 Å². The van der Waals surface area contributed by atoms with Crippen LogP contribution in [0.4, 0.5) is 19.0 Å². The highest BCUT2D eigenvalue weighted by molar-refractivity contribution is 5.89.